The van der Waals surface area contributed by atoms with Crippen molar-refractivity contribution in [2.75, 3.05) is 6.16 Å². The van der Waals surface area contributed by atoms with Crippen LogP contribution in [0.15, 0.2) is 0 Å². The summed E-state index contributed by atoms with van der Waals surface area (Å²) in [5.74, 6) is 0. The van der Waals surface area contributed by atoms with Crippen LogP contribution in [-0.4, -0.2) is 16.0 Å². The van der Waals surface area contributed by atoms with Gasteiger partial charge < -0.3 is 0 Å². The van der Waals surface area contributed by atoms with Gasteiger partial charge in [0.25, 0.3) is 0 Å². The van der Waals surface area contributed by atoms with Gasteiger partial charge >= 0.3 is 0 Å². The maximum Gasteiger partial charge on any atom is 0.00573 e. The van der Waals surface area contributed by atoms with E-state index in [-0.39, 0.29) is 7.92 Å². The largest absolute Gasteiger partial charge is 0.126 e. The fourth-order valence-corrected chi connectivity index (χ4v) is 11.6. The lowest BCUT2D eigenvalue weighted by Gasteiger charge is -2.50. The van der Waals surface area contributed by atoms with Gasteiger partial charge in [-0.2, -0.15) is 0 Å². The van der Waals surface area contributed by atoms with E-state index in [0.717, 1.165) is 0 Å². The highest BCUT2D eigenvalue weighted by molar-refractivity contribution is 7.73. The zero-order chi connectivity index (χ0) is 19.2. The second kappa shape index (κ2) is 15.2. The van der Waals surface area contributed by atoms with Crippen LogP contribution in [0.25, 0.3) is 0 Å². The summed E-state index contributed by atoms with van der Waals surface area (Å²) >= 11 is 0. The van der Waals surface area contributed by atoms with Gasteiger partial charge in [0.05, 0.1) is 0 Å². The van der Waals surface area contributed by atoms with Gasteiger partial charge in [0.15, 0.2) is 0 Å². The highest BCUT2D eigenvalue weighted by Crippen LogP contribution is 2.71. The van der Waals surface area contributed by atoms with Crippen LogP contribution in [-0.2, 0) is 0 Å². The van der Waals surface area contributed by atoms with Crippen molar-refractivity contribution < 1.29 is 0 Å². The zero-order valence-corrected chi connectivity index (χ0v) is 21.4. The van der Waals surface area contributed by atoms with Crippen molar-refractivity contribution in [3.63, 3.8) is 0 Å². The standard InChI is InChI=1S/C22H49P3/c1-6-11-16-21(23,17-12-7-2)25(20-15-10-5)22(24,18-13-8-3)19-14-9-4/h6-20,23-24H2,1-5H3. The van der Waals surface area contributed by atoms with Gasteiger partial charge in [0.1, 0.15) is 0 Å². The lowest BCUT2D eigenvalue weighted by molar-refractivity contribution is 0.537. The molecule has 0 N–H and O–H groups in total. The first-order chi connectivity index (χ1) is 11.9. The fourth-order valence-electron chi connectivity index (χ4n) is 3.93. The maximum absolute atomic E-state index is 3.46. The van der Waals surface area contributed by atoms with Gasteiger partial charge in [0, 0.05) is 9.79 Å². The molecule has 0 heterocycles. The van der Waals surface area contributed by atoms with Gasteiger partial charge in [0.2, 0.25) is 0 Å². The molecule has 0 rings (SSSR count). The Hall–Kier alpha value is 1.29. The summed E-state index contributed by atoms with van der Waals surface area (Å²) in [5.41, 5.74) is 0. The Kier molecular flexibility index (Phi) is 16.0. The summed E-state index contributed by atoms with van der Waals surface area (Å²) in [6.07, 6.45) is 20.9. The first-order valence-corrected chi connectivity index (χ1v) is 14.0. The van der Waals surface area contributed by atoms with E-state index in [9.17, 15) is 0 Å². The van der Waals surface area contributed by atoms with E-state index in [1.807, 2.05) is 0 Å². The Morgan fingerprint density at radius 2 is 0.800 bits per heavy atom. The van der Waals surface area contributed by atoms with Crippen molar-refractivity contribution in [1.82, 2.24) is 0 Å². The Labute approximate surface area is 167 Å². The Morgan fingerprint density at radius 1 is 0.520 bits per heavy atom. The zero-order valence-electron chi connectivity index (χ0n) is 18.2. The molecule has 0 aliphatic rings. The molecular weight excluding hydrogens is 357 g/mol. The monoisotopic (exact) mass is 406 g/mol. The van der Waals surface area contributed by atoms with Gasteiger partial charge in [-0.05, 0) is 38.3 Å². The lowest BCUT2D eigenvalue weighted by Crippen LogP contribution is -2.32. The van der Waals surface area contributed by atoms with Crippen LogP contribution in [0.3, 0.4) is 0 Å². The highest BCUT2D eigenvalue weighted by Gasteiger charge is 2.43. The molecule has 0 aromatic carbocycles. The Balaban J connectivity index is 5.61. The van der Waals surface area contributed by atoms with Crippen molar-refractivity contribution in [3.05, 3.63) is 0 Å². The normalized spacial score (nSPS) is 13.0. The van der Waals surface area contributed by atoms with Gasteiger partial charge in [-0.1, -0.05) is 100 Å². The molecule has 0 aliphatic heterocycles. The van der Waals surface area contributed by atoms with Crippen molar-refractivity contribution in [1.29, 1.82) is 0 Å². The minimum atomic E-state index is 0.0220. The summed E-state index contributed by atoms with van der Waals surface area (Å²) in [5, 5.41) is 0. The van der Waals surface area contributed by atoms with Crippen molar-refractivity contribution >= 4 is 26.4 Å². The quantitative estimate of drug-likeness (QED) is 0.211. The molecule has 0 fully saturated rings. The highest BCUT2D eigenvalue weighted by atomic mass is 31.2. The summed E-state index contributed by atoms with van der Waals surface area (Å²) in [7, 11) is 6.94. The van der Waals surface area contributed by atoms with Gasteiger partial charge in [-0.25, -0.2) is 0 Å². The molecule has 0 spiro atoms. The molecule has 0 saturated carbocycles. The molecular formula is C22H49P3. The average molecular weight is 407 g/mol. The number of hydrogen-bond acceptors (Lipinski definition) is 0. The van der Waals surface area contributed by atoms with E-state index in [2.05, 4.69) is 53.1 Å². The molecule has 0 aromatic heterocycles. The summed E-state index contributed by atoms with van der Waals surface area (Å²) in [6.45, 7) is 11.8. The molecule has 0 bridgehead atoms. The molecule has 0 radical (unpaired) electrons. The Morgan fingerprint density at radius 3 is 1.04 bits per heavy atom. The second-order valence-corrected chi connectivity index (χ2v) is 14.4. The number of hydrogen-bond donors (Lipinski definition) is 0. The Bertz CT molecular complexity index is 262. The van der Waals surface area contributed by atoms with Crippen molar-refractivity contribution in [2.45, 2.75) is 134 Å². The smallest absolute Gasteiger partial charge is 0.00573 e. The van der Waals surface area contributed by atoms with Crippen LogP contribution in [0.2, 0.25) is 0 Å². The van der Waals surface area contributed by atoms with Crippen LogP contribution >= 0.6 is 26.4 Å². The van der Waals surface area contributed by atoms with Gasteiger partial charge in [-0.15, -0.1) is 18.5 Å². The van der Waals surface area contributed by atoms with Gasteiger partial charge in [-0.3, -0.25) is 0 Å². The van der Waals surface area contributed by atoms with E-state index in [1.54, 1.807) is 0 Å². The van der Waals surface area contributed by atoms with Crippen molar-refractivity contribution in [2.24, 2.45) is 0 Å². The molecule has 0 aromatic rings. The van der Waals surface area contributed by atoms with Crippen LogP contribution in [0.1, 0.15) is 125 Å². The first kappa shape index (κ1) is 26.3. The van der Waals surface area contributed by atoms with Crippen LogP contribution in [0.5, 0.6) is 0 Å². The third-order valence-electron chi connectivity index (χ3n) is 5.66. The molecule has 2 unspecified atom stereocenters. The predicted octanol–water partition coefficient (Wildman–Crippen LogP) is 9.17. The van der Waals surface area contributed by atoms with Crippen LogP contribution in [0, 0.1) is 0 Å². The molecule has 0 nitrogen and oxygen atoms in total. The maximum atomic E-state index is 3.46. The predicted molar refractivity (Wildman–Crippen MR) is 130 cm³/mol. The first-order valence-electron chi connectivity index (χ1n) is 11.3. The molecule has 0 aliphatic carbocycles. The van der Waals surface area contributed by atoms with E-state index >= 15 is 0 Å². The summed E-state index contributed by atoms with van der Waals surface area (Å²) < 4.78 is 0. The summed E-state index contributed by atoms with van der Waals surface area (Å²) in [6, 6.07) is 0. The molecule has 3 heteroatoms. The molecule has 0 saturated heterocycles. The summed E-state index contributed by atoms with van der Waals surface area (Å²) in [4.78, 5) is 1.03. The number of rotatable bonds is 17. The molecule has 25 heavy (non-hydrogen) atoms. The topological polar surface area (TPSA) is 0 Å². The van der Waals surface area contributed by atoms with E-state index in [4.69, 9.17) is 0 Å². The average Bonchev–Trinajstić information content (AvgIpc) is 2.61. The fraction of sp³-hybridized carbons (Fsp3) is 1.00. The SMILES string of the molecule is CCCCP(C(P)(CCCC)CCCC)C(P)(CCCC)CCCC. The van der Waals surface area contributed by atoms with Crippen LogP contribution < -0.4 is 0 Å². The van der Waals surface area contributed by atoms with Crippen LogP contribution in [0.4, 0.5) is 0 Å². The third-order valence-corrected chi connectivity index (χ3v) is 12.5. The minimum Gasteiger partial charge on any atom is -0.126 e. The van der Waals surface area contributed by atoms with E-state index in [0.29, 0.717) is 9.79 Å². The second-order valence-electron chi connectivity index (χ2n) is 8.13. The molecule has 2 atom stereocenters. The third kappa shape index (κ3) is 9.87. The van der Waals surface area contributed by atoms with Crippen molar-refractivity contribution in [3.8, 4) is 0 Å². The number of unbranched alkanes of at least 4 members (excludes halogenated alkanes) is 5. The molecule has 152 valence electrons. The molecule has 0 amide bonds. The lowest BCUT2D eigenvalue weighted by atomic mass is 10.1. The van der Waals surface area contributed by atoms with E-state index in [1.165, 1.54) is 96.1 Å². The van der Waals surface area contributed by atoms with E-state index < -0.39 is 0 Å². The minimum absolute atomic E-state index is 0.0220.